The molecule has 2 aromatic carbocycles. The van der Waals surface area contributed by atoms with Crippen molar-refractivity contribution in [3.05, 3.63) is 53.1 Å². The Kier molecular flexibility index (Phi) is 5.75. The monoisotopic (exact) mass is 347 g/mol. The van der Waals surface area contributed by atoms with Crippen LogP contribution in [-0.4, -0.2) is 30.2 Å². The summed E-state index contributed by atoms with van der Waals surface area (Å²) in [5, 5.41) is 15.8. The highest BCUT2D eigenvalue weighted by Crippen LogP contribution is 2.25. The molecular formula is C16H14ClN3O4. The number of amides is 2. The molecule has 0 unspecified atom stereocenters. The average Bonchev–Trinajstić information content (AvgIpc) is 2.58. The van der Waals surface area contributed by atoms with Gasteiger partial charge in [0, 0.05) is 0 Å². The van der Waals surface area contributed by atoms with Crippen molar-refractivity contribution in [3.8, 4) is 11.5 Å². The maximum absolute atomic E-state index is 11.7. The molecule has 0 bridgehead atoms. The van der Waals surface area contributed by atoms with E-state index in [2.05, 4.69) is 15.8 Å². The van der Waals surface area contributed by atoms with E-state index in [0.29, 0.717) is 16.3 Å². The summed E-state index contributed by atoms with van der Waals surface area (Å²) >= 11 is 5.89. The second-order valence-corrected chi connectivity index (χ2v) is 4.97. The zero-order chi connectivity index (χ0) is 17.5. The fraction of sp³-hybridized carbons (Fsp3) is 0.0625. The van der Waals surface area contributed by atoms with Crippen molar-refractivity contribution in [1.29, 1.82) is 0 Å². The summed E-state index contributed by atoms with van der Waals surface area (Å²) in [6.07, 6.45) is 1.31. The lowest BCUT2D eigenvalue weighted by Gasteiger charge is -2.05. The van der Waals surface area contributed by atoms with Gasteiger partial charge in [-0.25, -0.2) is 5.43 Å². The molecule has 0 aromatic heterocycles. The van der Waals surface area contributed by atoms with Gasteiger partial charge in [-0.05, 0) is 35.9 Å². The van der Waals surface area contributed by atoms with Crippen molar-refractivity contribution < 1.29 is 19.4 Å². The minimum atomic E-state index is -0.947. The van der Waals surface area contributed by atoms with Crippen LogP contribution in [-0.2, 0) is 9.59 Å². The van der Waals surface area contributed by atoms with Gasteiger partial charge in [0.2, 0.25) is 0 Å². The maximum atomic E-state index is 11.7. The number of methoxy groups -OCH3 is 1. The average molecular weight is 348 g/mol. The van der Waals surface area contributed by atoms with Crippen LogP contribution in [0, 0.1) is 0 Å². The van der Waals surface area contributed by atoms with Crippen molar-refractivity contribution in [3.63, 3.8) is 0 Å². The molecule has 0 saturated carbocycles. The Morgan fingerprint density at radius 2 is 1.96 bits per heavy atom. The molecule has 0 saturated heterocycles. The Morgan fingerprint density at radius 1 is 1.21 bits per heavy atom. The van der Waals surface area contributed by atoms with E-state index < -0.39 is 11.8 Å². The molecule has 0 aliphatic rings. The van der Waals surface area contributed by atoms with Crippen LogP contribution in [0.5, 0.6) is 11.5 Å². The number of aromatic hydroxyl groups is 1. The number of phenolic OH excluding ortho intramolecular Hbond substituents is 1. The minimum Gasteiger partial charge on any atom is -0.504 e. The van der Waals surface area contributed by atoms with Gasteiger partial charge in [0.1, 0.15) is 0 Å². The second-order valence-electron chi connectivity index (χ2n) is 4.56. The topological polar surface area (TPSA) is 100 Å². The van der Waals surface area contributed by atoms with Crippen LogP contribution in [0.15, 0.2) is 47.6 Å². The number of phenols is 1. The molecule has 124 valence electrons. The number of hydrogen-bond acceptors (Lipinski definition) is 5. The number of carbonyl (C=O) groups excluding carboxylic acids is 2. The molecule has 3 N–H and O–H groups in total. The molecule has 0 aliphatic heterocycles. The third kappa shape index (κ3) is 4.47. The highest BCUT2D eigenvalue weighted by molar-refractivity contribution is 6.41. The van der Waals surface area contributed by atoms with E-state index in [4.69, 9.17) is 16.3 Å². The number of hydrogen-bond donors (Lipinski definition) is 3. The Bertz CT molecular complexity index is 793. The summed E-state index contributed by atoms with van der Waals surface area (Å²) in [7, 11) is 1.41. The predicted octanol–water partition coefficient (Wildman–Crippen LogP) is 2.14. The summed E-state index contributed by atoms with van der Waals surface area (Å²) in [6.45, 7) is 0. The molecule has 7 nitrogen and oxygen atoms in total. The van der Waals surface area contributed by atoms with Crippen molar-refractivity contribution in [2.75, 3.05) is 12.4 Å². The van der Waals surface area contributed by atoms with Crippen LogP contribution in [0.3, 0.4) is 0 Å². The van der Waals surface area contributed by atoms with Gasteiger partial charge in [0.15, 0.2) is 11.5 Å². The van der Waals surface area contributed by atoms with Crippen molar-refractivity contribution >= 4 is 35.3 Å². The summed E-state index contributed by atoms with van der Waals surface area (Å²) in [5.74, 6) is -1.60. The second kappa shape index (κ2) is 7.98. The minimum absolute atomic E-state index is 0.0159. The molecule has 0 spiro atoms. The SMILES string of the molecule is COc1cc(/C=N/NC(=O)C(=O)Nc2ccccc2Cl)ccc1O. The Balaban J connectivity index is 1.95. The first-order valence-corrected chi connectivity index (χ1v) is 7.15. The van der Waals surface area contributed by atoms with E-state index >= 15 is 0 Å². The molecule has 24 heavy (non-hydrogen) atoms. The lowest BCUT2D eigenvalue weighted by molar-refractivity contribution is -0.136. The van der Waals surface area contributed by atoms with Gasteiger partial charge in [-0.2, -0.15) is 5.10 Å². The van der Waals surface area contributed by atoms with Gasteiger partial charge >= 0.3 is 11.8 Å². The number of anilines is 1. The molecule has 0 aliphatic carbocycles. The largest absolute Gasteiger partial charge is 0.504 e. The summed E-state index contributed by atoms with van der Waals surface area (Å²) in [4.78, 5) is 23.4. The molecule has 0 fully saturated rings. The van der Waals surface area contributed by atoms with Crippen molar-refractivity contribution in [2.24, 2.45) is 5.10 Å². The lowest BCUT2D eigenvalue weighted by atomic mass is 10.2. The zero-order valence-electron chi connectivity index (χ0n) is 12.6. The van der Waals surface area contributed by atoms with E-state index in [1.807, 2.05) is 0 Å². The van der Waals surface area contributed by atoms with Crippen LogP contribution < -0.4 is 15.5 Å². The van der Waals surface area contributed by atoms with E-state index in [1.165, 1.54) is 25.5 Å². The van der Waals surface area contributed by atoms with Crippen LogP contribution >= 0.6 is 11.6 Å². The number of ether oxygens (including phenoxy) is 1. The van der Waals surface area contributed by atoms with Crippen LogP contribution in [0.25, 0.3) is 0 Å². The van der Waals surface area contributed by atoms with Gasteiger partial charge in [-0.15, -0.1) is 0 Å². The third-order valence-electron chi connectivity index (χ3n) is 2.91. The summed E-state index contributed by atoms with van der Waals surface area (Å²) < 4.78 is 4.95. The fourth-order valence-electron chi connectivity index (χ4n) is 1.73. The van der Waals surface area contributed by atoms with Crippen molar-refractivity contribution in [2.45, 2.75) is 0 Å². The Hall–Kier alpha value is -3.06. The fourth-order valence-corrected chi connectivity index (χ4v) is 1.92. The number of rotatable bonds is 4. The first-order chi connectivity index (χ1) is 11.5. The molecule has 8 heteroatoms. The summed E-state index contributed by atoms with van der Waals surface area (Å²) in [6, 6.07) is 11.0. The summed E-state index contributed by atoms with van der Waals surface area (Å²) in [5.41, 5.74) is 2.99. The number of benzene rings is 2. The molecule has 2 rings (SSSR count). The number of halogens is 1. The lowest BCUT2D eigenvalue weighted by Crippen LogP contribution is -2.32. The number of hydrazone groups is 1. The molecule has 0 radical (unpaired) electrons. The van der Waals surface area contributed by atoms with Gasteiger partial charge < -0.3 is 15.2 Å². The van der Waals surface area contributed by atoms with E-state index in [-0.39, 0.29) is 11.5 Å². The van der Waals surface area contributed by atoms with E-state index in [9.17, 15) is 14.7 Å². The number of nitrogens with one attached hydrogen (secondary N) is 2. The Labute approximate surface area is 142 Å². The molecule has 0 heterocycles. The van der Waals surface area contributed by atoms with Crippen LogP contribution in [0.1, 0.15) is 5.56 Å². The molecule has 2 aromatic rings. The predicted molar refractivity (Wildman–Crippen MR) is 90.5 cm³/mol. The molecule has 0 atom stereocenters. The maximum Gasteiger partial charge on any atom is 0.329 e. The first-order valence-electron chi connectivity index (χ1n) is 6.77. The van der Waals surface area contributed by atoms with Crippen LogP contribution in [0.4, 0.5) is 5.69 Å². The highest BCUT2D eigenvalue weighted by Gasteiger charge is 2.14. The molecule has 2 amide bonds. The number of nitrogens with zero attached hydrogens (tertiary/aromatic N) is 1. The third-order valence-corrected chi connectivity index (χ3v) is 3.24. The normalized spacial score (nSPS) is 10.4. The number of carbonyl (C=O) groups is 2. The van der Waals surface area contributed by atoms with E-state index in [1.54, 1.807) is 30.3 Å². The molecular weight excluding hydrogens is 334 g/mol. The zero-order valence-corrected chi connectivity index (χ0v) is 13.4. The van der Waals surface area contributed by atoms with Crippen LogP contribution in [0.2, 0.25) is 5.02 Å². The van der Waals surface area contributed by atoms with E-state index in [0.717, 1.165) is 0 Å². The van der Waals surface area contributed by atoms with Crippen molar-refractivity contribution in [1.82, 2.24) is 5.43 Å². The first kappa shape index (κ1) is 17.3. The quantitative estimate of drug-likeness (QED) is 0.448. The van der Waals surface area contributed by atoms with Gasteiger partial charge in [-0.1, -0.05) is 23.7 Å². The highest BCUT2D eigenvalue weighted by atomic mass is 35.5. The Morgan fingerprint density at radius 3 is 2.67 bits per heavy atom. The number of para-hydroxylation sites is 1. The standard InChI is InChI=1S/C16H14ClN3O4/c1-24-14-8-10(6-7-13(14)21)9-18-20-16(23)15(22)19-12-5-3-2-4-11(12)17/h2-9,21H,1H3,(H,19,22)(H,20,23)/b18-9+. The van der Waals surface area contributed by atoms with Gasteiger partial charge in [-0.3, -0.25) is 9.59 Å². The van der Waals surface area contributed by atoms with Gasteiger partial charge in [0.25, 0.3) is 0 Å². The van der Waals surface area contributed by atoms with Gasteiger partial charge in [0.05, 0.1) is 24.0 Å². The smallest absolute Gasteiger partial charge is 0.329 e.